The molecule has 1 aromatic rings. The second kappa shape index (κ2) is 4.67. The van der Waals surface area contributed by atoms with E-state index in [2.05, 4.69) is 0 Å². The van der Waals surface area contributed by atoms with E-state index in [-0.39, 0.29) is 6.61 Å². The largest absolute Gasteiger partial charge is 0.464 e. The number of ether oxygens (including phenoxy) is 1. The Morgan fingerprint density at radius 1 is 1.36 bits per heavy atom. The number of hydrogen-bond donors (Lipinski definition) is 0. The number of rotatable bonds is 3. The molecule has 0 spiro atoms. The van der Waals surface area contributed by atoms with Gasteiger partial charge in [-0.05, 0) is 12.5 Å². The van der Waals surface area contributed by atoms with Crippen molar-refractivity contribution in [2.75, 3.05) is 6.61 Å². The minimum atomic E-state index is -1.61. The third kappa shape index (κ3) is 2.40. The van der Waals surface area contributed by atoms with E-state index in [0.717, 1.165) is 0 Å². The van der Waals surface area contributed by atoms with Gasteiger partial charge < -0.3 is 4.74 Å². The van der Waals surface area contributed by atoms with Crippen LogP contribution in [0.2, 0.25) is 0 Å². The number of esters is 1. The molecule has 0 fully saturated rings. The normalized spacial score (nSPS) is 11.1. The quantitative estimate of drug-likeness (QED) is 0.592. The maximum Gasteiger partial charge on any atom is 0.347 e. The highest BCUT2D eigenvalue weighted by atomic mass is 35.5. The van der Waals surface area contributed by atoms with E-state index < -0.39 is 10.3 Å². The summed E-state index contributed by atoms with van der Waals surface area (Å²) in [7, 11) is 0. The van der Waals surface area contributed by atoms with Gasteiger partial charge in [0, 0.05) is 0 Å². The molecule has 1 aromatic carbocycles. The molecular formula is C10H10Cl2O2. The Bertz CT molecular complexity index is 309. The monoisotopic (exact) mass is 232 g/mol. The molecule has 4 heteroatoms. The van der Waals surface area contributed by atoms with E-state index >= 15 is 0 Å². The Kier molecular flexibility index (Phi) is 3.78. The third-order valence-electron chi connectivity index (χ3n) is 1.67. The fraction of sp³-hybridized carbons (Fsp3) is 0.300. The van der Waals surface area contributed by atoms with Gasteiger partial charge in [-0.2, -0.15) is 0 Å². The van der Waals surface area contributed by atoms with Crippen molar-refractivity contribution < 1.29 is 9.53 Å². The lowest BCUT2D eigenvalue weighted by molar-refractivity contribution is -0.144. The van der Waals surface area contributed by atoms with Crippen LogP contribution in [0.5, 0.6) is 0 Å². The Morgan fingerprint density at radius 2 is 1.93 bits per heavy atom. The van der Waals surface area contributed by atoms with Gasteiger partial charge >= 0.3 is 5.97 Å². The fourth-order valence-corrected chi connectivity index (χ4v) is 1.35. The van der Waals surface area contributed by atoms with E-state index in [9.17, 15) is 4.79 Å². The maximum atomic E-state index is 11.4. The minimum absolute atomic E-state index is 0.257. The van der Waals surface area contributed by atoms with Gasteiger partial charge in [-0.3, -0.25) is 0 Å². The van der Waals surface area contributed by atoms with Crippen molar-refractivity contribution in [2.45, 2.75) is 11.3 Å². The summed E-state index contributed by atoms with van der Waals surface area (Å²) >= 11 is 11.8. The predicted octanol–water partition coefficient (Wildman–Crippen LogP) is 2.88. The number of benzene rings is 1. The number of halogens is 2. The average molecular weight is 233 g/mol. The maximum absolute atomic E-state index is 11.4. The van der Waals surface area contributed by atoms with Crippen LogP contribution in [0.15, 0.2) is 30.3 Å². The summed E-state index contributed by atoms with van der Waals surface area (Å²) in [4.78, 5) is 11.4. The molecular weight excluding hydrogens is 223 g/mol. The van der Waals surface area contributed by atoms with Crippen LogP contribution in [-0.2, 0) is 13.9 Å². The van der Waals surface area contributed by atoms with Crippen LogP contribution in [0.4, 0.5) is 0 Å². The van der Waals surface area contributed by atoms with Gasteiger partial charge in [-0.25, -0.2) is 4.79 Å². The molecule has 0 aromatic heterocycles. The molecule has 14 heavy (non-hydrogen) atoms. The summed E-state index contributed by atoms with van der Waals surface area (Å²) in [6, 6.07) is 8.69. The molecule has 0 radical (unpaired) electrons. The summed E-state index contributed by atoms with van der Waals surface area (Å²) in [5, 5.41) is 0. The summed E-state index contributed by atoms with van der Waals surface area (Å²) in [6.07, 6.45) is 0. The predicted molar refractivity (Wildman–Crippen MR) is 56.5 cm³/mol. The van der Waals surface area contributed by atoms with Gasteiger partial charge in [-0.1, -0.05) is 53.5 Å². The Balaban J connectivity index is 2.90. The number of carbonyl (C=O) groups is 1. The lowest BCUT2D eigenvalue weighted by Crippen LogP contribution is -2.25. The second-order valence-corrected chi connectivity index (χ2v) is 3.99. The van der Waals surface area contributed by atoms with Gasteiger partial charge in [-0.15, -0.1) is 0 Å². The zero-order valence-electron chi connectivity index (χ0n) is 7.67. The summed E-state index contributed by atoms with van der Waals surface area (Å²) < 4.78 is 3.14. The van der Waals surface area contributed by atoms with Crippen molar-refractivity contribution in [1.29, 1.82) is 0 Å². The molecule has 0 N–H and O–H groups in total. The molecule has 0 aliphatic rings. The number of hydrogen-bond acceptors (Lipinski definition) is 2. The molecule has 0 saturated carbocycles. The molecule has 0 atom stereocenters. The molecule has 0 unspecified atom stereocenters. The van der Waals surface area contributed by atoms with Gasteiger partial charge in [0.1, 0.15) is 0 Å². The minimum Gasteiger partial charge on any atom is -0.464 e. The van der Waals surface area contributed by atoms with Crippen LogP contribution in [-0.4, -0.2) is 12.6 Å². The van der Waals surface area contributed by atoms with E-state index in [1.807, 2.05) is 6.07 Å². The molecule has 2 nitrogen and oxygen atoms in total. The van der Waals surface area contributed by atoms with Crippen LogP contribution in [0.3, 0.4) is 0 Å². The van der Waals surface area contributed by atoms with Crippen molar-refractivity contribution in [3.8, 4) is 0 Å². The summed E-state index contributed by atoms with van der Waals surface area (Å²) in [6.45, 7) is 1.96. The standard InChI is InChI=1S/C10H10Cl2O2/c1-2-14-9(13)10(11,12)8-6-4-3-5-7-8/h3-7H,2H2,1H3. The number of carbonyl (C=O) groups excluding carboxylic acids is 1. The Hall–Kier alpha value is -0.730. The van der Waals surface area contributed by atoms with E-state index in [0.29, 0.717) is 5.56 Å². The highest BCUT2D eigenvalue weighted by molar-refractivity contribution is 6.56. The van der Waals surface area contributed by atoms with Crippen molar-refractivity contribution in [1.82, 2.24) is 0 Å². The van der Waals surface area contributed by atoms with Gasteiger partial charge in [0.25, 0.3) is 0 Å². The zero-order valence-corrected chi connectivity index (χ0v) is 9.18. The van der Waals surface area contributed by atoms with Gasteiger partial charge in [0.2, 0.25) is 4.33 Å². The molecule has 0 aliphatic heterocycles. The Morgan fingerprint density at radius 3 is 2.43 bits per heavy atom. The second-order valence-electron chi connectivity index (χ2n) is 2.66. The first-order chi connectivity index (χ1) is 6.59. The lowest BCUT2D eigenvalue weighted by Gasteiger charge is -2.17. The first-order valence-corrected chi connectivity index (χ1v) is 4.95. The number of alkyl halides is 2. The highest BCUT2D eigenvalue weighted by Crippen LogP contribution is 2.34. The third-order valence-corrected chi connectivity index (χ3v) is 2.41. The van der Waals surface area contributed by atoms with Gasteiger partial charge in [0.15, 0.2) is 0 Å². The smallest absolute Gasteiger partial charge is 0.347 e. The van der Waals surface area contributed by atoms with Crippen LogP contribution in [0.1, 0.15) is 12.5 Å². The van der Waals surface area contributed by atoms with Crippen molar-refractivity contribution in [2.24, 2.45) is 0 Å². The topological polar surface area (TPSA) is 26.3 Å². The van der Waals surface area contributed by atoms with Gasteiger partial charge in [0.05, 0.1) is 6.61 Å². The first-order valence-electron chi connectivity index (χ1n) is 4.19. The zero-order chi connectivity index (χ0) is 10.6. The molecule has 76 valence electrons. The van der Waals surface area contributed by atoms with Crippen molar-refractivity contribution in [3.63, 3.8) is 0 Å². The van der Waals surface area contributed by atoms with Crippen LogP contribution in [0, 0.1) is 0 Å². The SMILES string of the molecule is CCOC(=O)C(Cl)(Cl)c1ccccc1. The fourth-order valence-electron chi connectivity index (χ4n) is 0.987. The molecule has 0 saturated heterocycles. The molecule has 0 heterocycles. The molecule has 0 amide bonds. The van der Waals surface area contributed by atoms with Crippen LogP contribution >= 0.6 is 23.2 Å². The molecule has 1 rings (SSSR count). The van der Waals surface area contributed by atoms with Crippen molar-refractivity contribution in [3.05, 3.63) is 35.9 Å². The highest BCUT2D eigenvalue weighted by Gasteiger charge is 2.37. The van der Waals surface area contributed by atoms with E-state index in [4.69, 9.17) is 27.9 Å². The Labute approximate surface area is 92.8 Å². The van der Waals surface area contributed by atoms with Crippen molar-refractivity contribution >= 4 is 29.2 Å². The molecule has 0 bridgehead atoms. The lowest BCUT2D eigenvalue weighted by atomic mass is 10.1. The van der Waals surface area contributed by atoms with E-state index in [1.54, 1.807) is 31.2 Å². The van der Waals surface area contributed by atoms with E-state index in [1.165, 1.54) is 0 Å². The van der Waals surface area contributed by atoms with Crippen LogP contribution in [0.25, 0.3) is 0 Å². The van der Waals surface area contributed by atoms with Crippen LogP contribution < -0.4 is 0 Å². The average Bonchev–Trinajstić information content (AvgIpc) is 2.19. The first kappa shape index (κ1) is 11.3. The summed E-state index contributed by atoms with van der Waals surface area (Å²) in [5.41, 5.74) is 0.516. The summed E-state index contributed by atoms with van der Waals surface area (Å²) in [5.74, 6) is -0.644. The molecule has 0 aliphatic carbocycles.